The van der Waals surface area contributed by atoms with E-state index >= 15 is 0 Å². The monoisotopic (exact) mass is 407 g/mol. The van der Waals surface area contributed by atoms with Crippen molar-refractivity contribution in [1.29, 1.82) is 0 Å². The number of thiophene rings is 1. The van der Waals surface area contributed by atoms with Crippen molar-refractivity contribution in [3.8, 4) is 11.5 Å². The molecule has 0 aliphatic carbocycles. The second-order valence-electron chi connectivity index (χ2n) is 7.44. The molecule has 0 spiro atoms. The summed E-state index contributed by atoms with van der Waals surface area (Å²) in [6.45, 7) is 2.17. The minimum absolute atomic E-state index is 0.0669. The van der Waals surface area contributed by atoms with Crippen LogP contribution in [-0.4, -0.2) is 25.8 Å². The van der Waals surface area contributed by atoms with Crippen LogP contribution in [0.5, 0.6) is 11.5 Å². The summed E-state index contributed by atoms with van der Waals surface area (Å²) >= 11 is 1.83. The minimum atomic E-state index is 0.0669. The van der Waals surface area contributed by atoms with Crippen LogP contribution < -0.4 is 19.7 Å². The molecule has 0 fully saturated rings. The van der Waals surface area contributed by atoms with Gasteiger partial charge in [0.15, 0.2) is 18.0 Å². The molecule has 29 heavy (non-hydrogen) atoms. The number of nitrogens with one attached hydrogen (secondary N) is 2. The molecule has 1 aromatic heterocycles. The van der Waals surface area contributed by atoms with Crippen LogP contribution in [0.4, 0.5) is 0 Å². The second-order valence-corrected chi connectivity index (χ2v) is 8.44. The van der Waals surface area contributed by atoms with E-state index in [1.54, 1.807) is 0 Å². The molecule has 2 aliphatic rings. The Kier molecular flexibility index (Phi) is 4.96. The number of carbonyl (C=O) groups excluding carboxylic acids is 1. The summed E-state index contributed by atoms with van der Waals surface area (Å²) in [4.78, 5) is 15.5. The van der Waals surface area contributed by atoms with Crippen LogP contribution >= 0.6 is 11.3 Å². The number of ether oxygens (including phenoxy) is 2. The van der Waals surface area contributed by atoms with Gasteiger partial charge in [-0.05, 0) is 29.1 Å². The quantitative estimate of drug-likeness (QED) is 0.683. The van der Waals surface area contributed by atoms with Gasteiger partial charge in [0, 0.05) is 29.0 Å². The van der Waals surface area contributed by atoms with Crippen molar-refractivity contribution >= 4 is 17.2 Å². The maximum Gasteiger partial charge on any atom is 0.275 e. The lowest BCUT2D eigenvalue weighted by Crippen LogP contribution is -3.14. The van der Waals surface area contributed by atoms with Crippen LogP contribution in [0.1, 0.15) is 27.6 Å². The Bertz CT molecular complexity index is 1020. The van der Waals surface area contributed by atoms with E-state index in [1.165, 1.54) is 20.9 Å². The van der Waals surface area contributed by atoms with E-state index in [9.17, 15) is 4.79 Å². The third-order valence-electron chi connectivity index (χ3n) is 5.62. The summed E-state index contributed by atoms with van der Waals surface area (Å²) in [6, 6.07) is 18.8. The average molecular weight is 408 g/mol. The van der Waals surface area contributed by atoms with E-state index < -0.39 is 0 Å². The lowest BCUT2D eigenvalue weighted by atomic mass is 9.93. The Balaban J connectivity index is 1.28. The van der Waals surface area contributed by atoms with E-state index in [0.29, 0.717) is 13.1 Å². The summed E-state index contributed by atoms with van der Waals surface area (Å²) < 4.78 is 10.8. The van der Waals surface area contributed by atoms with Gasteiger partial charge >= 0.3 is 0 Å². The summed E-state index contributed by atoms with van der Waals surface area (Å²) in [6.07, 6.45) is 1.03. The van der Waals surface area contributed by atoms with Crippen molar-refractivity contribution in [3.05, 3.63) is 81.5 Å². The van der Waals surface area contributed by atoms with Crippen molar-refractivity contribution in [3.63, 3.8) is 0 Å². The highest BCUT2D eigenvalue weighted by Gasteiger charge is 2.34. The Morgan fingerprint density at radius 2 is 1.97 bits per heavy atom. The van der Waals surface area contributed by atoms with E-state index in [2.05, 4.69) is 41.0 Å². The molecule has 0 saturated carbocycles. The summed E-state index contributed by atoms with van der Waals surface area (Å²) in [5.41, 5.74) is 3.65. The largest absolute Gasteiger partial charge is 0.454 e. The fourth-order valence-corrected chi connectivity index (χ4v) is 5.14. The molecule has 148 valence electrons. The Morgan fingerprint density at radius 1 is 1.10 bits per heavy atom. The maximum atomic E-state index is 12.8. The molecule has 1 amide bonds. The normalized spacial score (nSPS) is 19.6. The van der Waals surface area contributed by atoms with E-state index in [4.69, 9.17) is 9.47 Å². The number of carbonyl (C=O) groups is 1. The summed E-state index contributed by atoms with van der Waals surface area (Å²) in [5.74, 6) is 1.57. The number of hydrogen-bond acceptors (Lipinski definition) is 4. The van der Waals surface area contributed by atoms with Crippen LogP contribution in [0, 0.1) is 0 Å². The van der Waals surface area contributed by atoms with Crippen LogP contribution in [-0.2, 0) is 17.8 Å². The third-order valence-corrected chi connectivity index (χ3v) is 6.62. The molecule has 0 saturated heterocycles. The highest BCUT2D eigenvalue weighted by atomic mass is 32.1. The SMILES string of the molecule is O=C(C[NH+]1CCc2sccc2[C@@H]1c1ccccc1)NCc1ccc2c(c1)OCO2. The molecule has 0 radical (unpaired) electrons. The number of hydrogen-bond donors (Lipinski definition) is 2. The van der Waals surface area contributed by atoms with Gasteiger partial charge in [0.05, 0.1) is 6.54 Å². The van der Waals surface area contributed by atoms with Gasteiger partial charge in [0.2, 0.25) is 6.79 Å². The zero-order valence-corrected chi connectivity index (χ0v) is 16.8. The fraction of sp³-hybridized carbons (Fsp3) is 0.261. The van der Waals surface area contributed by atoms with Crippen molar-refractivity contribution in [2.45, 2.75) is 19.0 Å². The number of rotatable bonds is 5. The van der Waals surface area contributed by atoms with Gasteiger partial charge in [-0.1, -0.05) is 36.4 Å². The van der Waals surface area contributed by atoms with Crippen LogP contribution in [0.2, 0.25) is 0 Å². The Hall–Kier alpha value is -2.83. The molecule has 1 unspecified atom stereocenters. The number of benzene rings is 2. The van der Waals surface area contributed by atoms with Gasteiger partial charge in [-0.2, -0.15) is 0 Å². The van der Waals surface area contributed by atoms with E-state index in [0.717, 1.165) is 30.0 Å². The van der Waals surface area contributed by atoms with Crippen molar-refractivity contribution in [1.82, 2.24) is 5.32 Å². The molecule has 5 nitrogen and oxygen atoms in total. The molecular weight excluding hydrogens is 384 g/mol. The third kappa shape index (κ3) is 3.73. The first kappa shape index (κ1) is 18.2. The van der Waals surface area contributed by atoms with Gasteiger partial charge in [-0.15, -0.1) is 11.3 Å². The molecule has 2 atom stereocenters. The molecule has 2 aliphatic heterocycles. The summed E-state index contributed by atoms with van der Waals surface area (Å²) in [5, 5.41) is 5.24. The second kappa shape index (κ2) is 7.89. The van der Waals surface area contributed by atoms with Gasteiger partial charge in [-0.3, -0.25) is 4.79 Å². The number of quaternary nitrogens is 1. The minimum Gasteiger partial charge on any atom is -0.454 e. The highest BCUT2D eigenvalue weighted by Crippen LogP contribution is 2.32. The van der Waals surface area contributed by atoms with Crippen molar-refractivity contribution in [2.24, 2.45) is 0 Å². The first-order valence-electron chi connectivity index (χ1n) is 9.89. The highest BCUT2D eigenvalue weighted by molar-refractivity contribution is 7.10. The molecule has 3 aromatic rings. The van der Waals surface area contributed by atoms with Crippen molar-refractivity contribution in [2.75, 3.05) is 19.9 Å². The zero-order valence-electron chi connectivity index (χ0n) is 16.0. The molecule has 5 rings (SSSR count). The van der Waals surface area contributed by atoms with Crippen LogP contribution in [0.3, 0.4) is 0 Å². The fourth-order valence-electron chi connectivity index (χ4n) is 4.22. The maximum absolute atomic E-state index is 12.8. The molecule has 6 heteroatoms. The van der Waals surface area contributed by atoms with Crippen molar-refractivity contribution < 1.29 is 19.2 Å². The average Bonchev–Trinajstić information content (AvgIpc) is 3.41. The number of fused-ring (bicyclic) bond motifs is 2. The van der Waals surface area contributed by atoms with Gasteiger partial charge in [-0.25, -0.2) is 0 Å². The first-order chi connectivity index (χ1) is 14.3. The molecule has 2 N–H and O–H groups in total. The van der Waals surface area contributed by atoms with Crippen LogP contribution in [0.15, 0.2) is 60.0 Å². The molecule has 0 bridgehead atoms. The molecular formula is C23H23N2O3S+. The Labute approximate surface area is 173 Å². The standard InChI is InChI=1S/C23H22N2O3S/c26-22(24-13-16-6-7-19-20(12-16)28-15-27-19)14-25-10-8-21-18(9-11-29-21)23(25)17-4-2-1-3-5-17/h1-7,9,11-12,23H,8,10,13-15H2,(H,24,26)/p+1/t23-/m0/s1. The molecule has 3 heterocycles. The molecule has 2 aromatic carbocycles. The lowest BCUT2D eigenvalue weighted by molar-refractivity contribution is -0.920. The predicted octanol–water partition coefficient (Wildman–Crippen LogP) is 2.32. The number of amides is 1. The van der Waals surface area contributed by atoms with Crippen LogP contribution in [0.25, 0.3) is 0 Å². The topological polar surface area (TPSA) is 52.0 Å². The smallest absolute Gasteiger partial charge is 0.275 e. The Morgan fingerprint density at radius 3 is 2.86 bits per heavy atom. The lowest BCUT2D eigenvalue weighted by Gasteiger charge is -2.32. The van der Waals surface area contributed by atoms with E-state index in [1.807, 2.05) is 35.6 Å². The zero-order chi connectivity index (χ0) is 19.6. The van der Waals surface area contributed by atoms with E-state index in [-0.39, 0.29) is 18.7 Å². The summed E-state index contributed by atoms with van der Waals surface area (Å²) in [7, 11) is 0. The predicted molar refractivity (Wildman–Crippen MR) is 111 cm³/mol. The first-order valence-corrected chi connectivity index (χ1v) is 10.8. The van der Waals surface area contributed by atoms with Gasteiger partial charge in [0.25, 0.3) is 5.91 Å². The van der Waals surface area contributed by atoms with Gasteiger partial charge < -0.3 is 19.7 Å². The van der Waals surface area contributed by atoms with Gasteiger partial charge in [0.1, 0.15) is 6.04 Å².